The maximum Gasteiger partial charge on any atom is 0.270 e. The minimum Gasteiger partial charge on any atom is -0.457 e. The monoisotopic (exact) mass is 453 g/mol. The number of hydrogen-bond acceptors (Lipinski definition) is 8. The Kier molecular flexibility index (Phi) is 5.36. The molecule has 4 rings (SSSR count). The first-order valence-corrected chi connectivity index (χ1v) is 9.93. The highest BCUT2D eigenvalue weighted by atomic mass is 32.2. The van der Waals surface area contributed by atoms with Gasteiger partial charge in [-0.05, 0) is 24.3 Å². The van der Waals surface area contributed by atoms with Crippen molar-refractivity contribution in [1.82, 2.24) is 0 Å². The summed E-state index contributed by atoms with van der Waals surface area (Å²) in [7, 11) is 0. The average Bonchev–Trinajstić information content (AvgIpc) is 3.33. The Bertz CT molecular complexity index is 1270. The maximum atomic E-state index is 12.8. The van der Waals surface area contributed by atoms with Crippen LogP contribution in [0.15, 0.2) is 70.0 Å². The van der Waals surface area contributed by atoms with Crippen LogP contribution in [0.25, 0.3) is 17.4 Å². The minimum atomic E-state index is -0.524. The van der Waals surface area contributed by atoms with E-state index in [2.05, 4.69) is 0 Å². The molecule has 1 saturated heterocycles. The standard InChI is InChI=1S/C20H11N3O6S2/c24-19-18(31-20(30)21(19)13-4-6-14(7-5-13)22(25)26)11-16-8-9-17(29-16)12-2-1-3-15(10-12)23(27)28/h1-11H/b18-11-. The molecule has 154 valence electrons. The molecule has 0 bridgehead atoms. The van der Waals surface area contributed by atoms with Crippen LogP contribution in [0, 0.1) is 20.2 Å². The van der Waals surface area contributed by atoms with E-state index in [1.165, 1.54) is 47.4 Å². The number of non-ortho nitro benzene ring substituents is 2. The van der Waals surface area contributed by atoms with Gasteiger partial charge >= 0.3 is 0 Å². The molecule has 1 fully saturated rings. The number of nitro groups is 2. The Morgan fingerprint density at radius 2 is 1.68 bits per heavy atom. The summed E-state index contributed by atoms with van der Waals surface area (Å²) in [5.41, 5.74) is 0.814. The van der Waals surface area contributed by atoms with Crippen molar-refractivity contribution in [3.63, 3.8) is 0 Å². The van der Waals surface area contributed by atoms with Gasteiger partial charge in [0.05, 0.1) is 20.4 Å². The van der Waals surface area contributed by atoms with Gasteiger partial charge in [-0.25, -0.2) is 0 Å². The van der Waals surface area contributed by atoms with Crippen molar-refractivity contribution in [2.45, 2.75) is 0 Å². The zero-order valence-electron chi connectivity index (χ0n) is 15.5. The van der Waals surface area contributed by atoms with E-state index in [4.69, 9.17) is 16.6 Å². The van der Waals surface area contributed by atoms with Gasteiger partial charge in [0.15, 0.2) is 4.32 Å². The highest BCUT2D eigenvalue weighted by Crippen LogP contribution is 2.37. The molecule has 0 atom stereocenters. The lowest BCUT2D eigenvalue weighted by atomic mass is 10.1. The number of nitro benzene ring substituents is 2. The molecule has 0 saturated carbocycles. The summed E-state index contributed by atoms with van der Waals surface area (Å²) in [4.78, 5) is 35.2. The van der Waals surface area contributed by atoms with Crippen molar-refractivity contribution in [3.8, 4) is 11.3 Å². The molecule has 3 aromatic rings. The predicted octanol–water partition coefficient (Wildman–Crippen LogP) is 5.17. The minimum absolute atomic E-state index is 0.0561. The molecule has 0 radical (unpaired) electrons. The van der Waals surface area contributed by atoms with Crippen molar-refractivity contribution in [2.75, 3.05) is 4.90 Å². The van der Waals surface area contributed by atoms with Crippen LogP contribution in [-0.2, 0) is 4.79 Å². The molecule has 2 heterocycles. The number of benzene rings is 2. The largest absolute Gasteiger partial charge is 0.457 e. The molecule has 1 aromatic heterocycles. The van der Waals surface area contributed by atoms with E-state index < -0.39 is 9.85 Å². The summed E-state index contributed by atoms with van der Waals surface area (Å²) in [5, 5.41) is 21.8. The van der Waals surface area contributed by atoms with Crippen molar-refractivity contribution < 1.29 is 19.1 Å². The Hall–Kier alpha value is -3.83. The topological polar surface area (TPSA) is 120 Å². The van der Waals surface area contributed by atoms with E-state index in [1.807, 2.05) is 0 Å². The first kappa shape index (κ1) is 20.4. The average molecular weight is 453 g/mol. The maximum absolute atomic E-state index is 12.8. The van der Waals surface area contributed by atoms with Crippen LogP contribution in [0.5, 0.6) is 0 Å². The van der Waals surface area contributed by atoms with Crippen LogP contribution >= 0.6 is 24.0 Å². The van der Waals surface area contributed by atoms with Crippen LogP contribution < -0.4 is 4.90 Å². The summed E-state index contributed by atoms with van der Waals surface area (Å²) < 4.78 is 6.02. The number of hydrogen-bond donors (Lipinski definition) is 0. The molecule has 2 aromatic carbocycles. The SMILES string of the molecule is O=C1/C(=C/c2ccc(-c3cccc([N+](=O)[O-])c3)o2)SC(=S)N1c1ccc([N+](=O)[O-])cc1. The van der Waals surface area contributed by atoms with Crippen molar-refractivity contribution >= 4 is 57.3 Å². The van der Waals surface area contributed by atoms with E-state index in [0.717, 1.165) is 11.8 Å². The van der Waals surface area contributed by atoms with Crippen LogP contribution in [-0.4, -0.2) is 20.1 Å². The molecular weight excluding hydrogens is 442 g/mol. The Morgan fingerprint density at radius 1 is 0.968 bits per heavy atom. The molecule has 0 unspecified atom stereocenters. The summed E-state index contributed by atoms with van der Waals surface area (Å²) in [6.07, 6.45) is 1.53. The van der Waals surface area contributed by atoms with Gasteiger partial charge in [-0.3, -0.25) is 29.9 Å². The van der Waals surface area contributed by atoms with E-state index in [1.54, 1.807) is 24.3 Å². The summed E-state index contributed by atoms with van der Waals surface area (Å²) in [6.45, 7) is 0. The highest BCUT2D eigenvalue weighted by Gasteiger charge is 2.33. The second-order valence-corrected chi connectivity index (χ2v) is 7.98. The van der Waals surface area contributed by atoms with E-state index >= 15 is 0 Å². The zero-order chi connectivity index (χ0) is 22.1. The van der Waals surface area contributed by atoms with Gasteiger partial charge in [-0.15, -0.1) is 0 Å². The van der Waals surface area contributed by atoms with Gasteiger partial charge in [0, 0.05) is 35.9 Å². The molecule has 0 spiro atoms. The summed E-state index contributed by atoms with van der Waals surface area (Å²) in [6, 6.07) is 14.8. The number of thioether (sulfide) groups is 1. The van der Waals surface area contributed by atoms with E-state index in [9.17, 15) is 25.0 Å². The third kappa shape index (κ3) is 4.09. The van der Waals surface area contributed by atoms with E-state index in [-0.39, 0.29) is 21.6 Å². The third-order valence-electron chi connectivity index (χ3n) is 4.35. The fourth-order valence-corrected chi connectivity index (χ4v) is 4.18. The second-order valence-electron chi connectivity index (χ2n) is 6.30. The molecule has 1 aliphatic rings. The number of rotatable bonds is 5. The van der Waals surface area contributed by atoms with Gasteiger partial charge in [-0.2, -0.15) is 0 Å². The second kappa shape index (κ2) is 8.13. The molecule has 9 nitrogen and oxygen atoms in total. The number of nitrogens with zero attached hydrogens (tertiary/aromatic N) is 3. The number of carbonyl (C=O) groups is 1. The zero-order valence-corrected chi connectivity index (χ0v) is 17.1. The van der Waals surface area contributed by atoms with Crippen molar-refractivity contribution in [1.29, 1.82) is 0 Å². The van der Waals surface area contributed by atoms with Gasteiger partial charge in [0.1, 0.15) is 11.5 Å². The van der Waals surface area contributed by atoms with Gasteiger partial charge in [0.2, 0.25) is 0 Å². The highest BCUT2D eigenvalue weighted by molar-refractivity contribution is 8.27. The lowest BCUT2D eigenvalue weighted by molar-refractivity contribution is -0.385. The normalized spacial score (nSPS) is 15.0. The smallest absolute Gasteiger partial charge is 0.270 e. The van der Waals surface area contributed by atoms with Crippen molar-refractivity contribution in [2.24, 2.45) is 0 Å². The van der Waals surface area contributed by atoms with Crippen LogP contribution in [0.2, 0.25) is 0 Å². The van der Waals surface area contributed by atoms with Crippen LogP contribution in [0.1, 0.15) is 5.76 Å². The quantitative estimate of drug-likeness (QED) is 0.225. The molecular formula is C20H11N3O6S2. The molecule has 0 aliphatic carbocycles. The number of amides is 1. The number of anilines is 1. The van der Waals surface area contributed by atoms with E-state index in [0.29, 0.717) is 27.7 Å². The third-order valence-corrected chi connectivity index (χ3v) is 5.66. The Morgan fingerprint density at radius 3 is 2.35 bits per heavy atom. The first-order valence-electron chi connectivity index (χ1n) is 8.70. The lowest BCUT2D eigenvalue weighted by Gasteiger charge is -2.13. The molecule has 11 heteroatoms. The number of furan rings is 1. The summed E-state index contributed by atoms with van der Waals surface area (Å²) >= 11 is 6.38. The molecule has 0 N–H and O–H groups in total. The Balaban J connectivity index is 1.58. The van der Waals surface area contributed by atoms with Crippen LogP contribution in [0.4, 0.5) is 17.1 Å². The summed E-state index contributed by atoms with van der Waals surface area (Å²) in [5.74, 6) is 0.420. The van der Waals surface area contributed by atoms with Gasteiger partial charge < -0.3 is 4.42 Å². The fraction of sp³-hybridized carbons (Fsp3) is 0. The predicted molar refractivity (Wildman–Crippen MR) is 120 cm³/mol. The first-order chi connectivity index (χ1) is 14.8. The van der Waals surface area contributed by atoms with Crippen molar-refractivity contribution in [3.05, 3.63) is 91.6 Å². The lowest BCUT2D eigenvalue weighted by Crippen LogP contribution is -2.27. The molecule has 31 heavy (non-hydrogen) atoms. The number of thiocarbonyl (C=S) groups is 1. The number of carbonyl (C=O) groups excluding carboxylic acids is 1. The van der Waals surface area contributed by atoms with Gasteiger partial charge in [-0.1, -0.05) is 36.1 Å². The molecule has 1 amide bonds. The van der Waals surface area contributed by atoms with Gasteiger partial charge in [0.25, 0.3) is 17.3 Å². The Labute approximate surface area is 184 Å². The molecule has 1 aliphatic heterocycles. The van der Waals surface area contributed by atoms with Crippen LogP contribution in [0.3, 0.4) is 0 Å². The fourth-order valence-electron chi connectivity index (χ4n) is 2.90.